The molecule has 1 nitrogen and oxygen atoms in total. The minimum Gasteiger partial charge on any atom is -0.327 e. The first-order chi connectivity index (χ1) is 7.88. The Labute approximate surface area is 101 Å². The summed E-state index contributed by atoms with van der Waals surface area (Å²) >= 11 is -0.0971. The molecule has 1 atom stereocenters. The lowest BCUT2D eigenvalue weighted by Crippen LogP contribution is -2.24. The Morgan fingerprint density at radius 1 is 1.24 bits per heavy atom. The van der Waals surface area contributed by atoms with Crippen molar-refractivity contribution < 1.29 is 17.6 Å². The van der Waals surface area contributed by atoms with Crippen LogP contribution < -0.4 is 5.73 Å². The van der Waals surface area contributed by atoms with Crippen molar-refractivity contribution in [2.75, 3.05) is 5.75 Å². The first-order valence-electron chi connectivity index (χ1n) is 5.08. The summed E-state index contributed by atoms with van der Waals surface area (Å²) in [7, 11) is 0. The van der Waals surface area contributed by atoms with Crippen LogP contribution in [0.5, 0.6) is 0 Å². The number of rotatable bonds is 5. The minimum atomic E-state index is -4.22. The van der Waals surface area contributed by atoms with E-state index in [4.69, 9.17) is 5.73 Å². The van der Waals surface area contributed by atoms with E-state index in [1.54, 1.807) is 18.2 Å². The van der Waals surface area contributed by atoms with Crippen molar-refractivity contribution in [3.8, 4) is 0 Å². The topological polar surface area (TPSA) is 26.0 Å². The van der Waals surface area contributed by atoms with Crippen LogP contribution in [0.2, 0.25) is 0 Å². The second-order valence-electron chi connectivity index (χ2n) is 3.64. The Balaban J connectivity index is 2.35. The van der Waals surface area contributed by atoms with Crippen LogP contribution in [-0.4, -0.2) is 17.3 Å². The van der Waals surface area contributed by atoms with E-state index >= 15 is 0 Å². The average molecular weight is 267 g/mol. The van der Waals surface area contributed by atoms with E-state index in [1.807, 2.05) is 0 Å². The maximum absolute atomic E-state index is 13.2. The monoisotopic (exact) mass is 267 g/mol. The van der Waals surface area contributed by atoms with Gasteiger partial charge in [0, 0.05) is 11.8 Å². The van der Waals surface area contributed by atoms with E-state index < -0.39 is 11.6 Å². The third kappa shape index (κ3) is 5.93. The molecular formula is C11H13F4NS. The van der Waals surface area contributed by atoms with Crippen molar-refractivity contribution >= 4 is 11.8 Å². The molecule has 17 heavy (non-hydrogen) atoms. The van der Waals surface area contributed by atoms with Crippen molar-refractivity contribution in [3.05, 3.63) is 35.6 Å². The van der Waals surface area contributed by atoms with Crippen LogP contribution >= 0.6 is 11.8 Å². The molecule has 0 aliphatic rings. The Hall–Kier alpha value is -0.750. The summed E-state index contributed by atoms with van der Waals surface area (Å²) in [5.41, 5.74) is 1.87. The highest BCUT2D eigenvalue weighted by molar-refractivity contribution is 8.00. The SMILES string of the molecule is NC(CCSC(F)(F)F)Cc1ccccc1F. The first-order valence-corrected chi connectivity index (χ1v) is 6.07. The summed E-state index contributed by atoms with van der Waals surface area (Å²) < 4.78 is 48.8. The molecule has 0 bridgehead atoms. The quantitative estimate of drug-likeness (QED) is 0.828. The highest BCUT2D eigenvalue weighted by atomic mass is 32.2. The minimum absolute atomic E-state index is 0.0971. The Morgan fingerprint density at radius 3 is 2.47 bits per heavy atom. The van der Waals surface area contributed by atoms with Crippen LogP contribution in [0.1, 0.15) is 12.0 Å². The van der Waals surface area contributed by atoms with E-state index in [1.165, 1.54) is 6.07 Å². The smallest absolute Gasteiger partial charge is 0.327 e. The van der Waals surface area contributed by atoms with E-state index in [9.17, 15) is 17.6 Å². The molecule has 1 aromatic carbocycles. The normalized spacial score (nSPS) is 13.7. The lowest BCUT2D eigenvalue weighted by atomic mass is 10.0. The molecule has 0 amide bonds. The summed E-state index contributed by atoms with van der Waals surface area (Å²) in [6.45, 7) is 0. The van der Waals surface area contributed by atoms with E-state index in [-0.39, 0.29) is 36.2 Å². The average Bonchev–Trinajstić information content (AvgIpc) is 2.19. The molecule has 0 aliphatic carbocycles. The first kappa shape index (κ1) is 14.3. The summed E-state index contributed by atoms with van der Waals surface area (Å²) in [4.78, 5) is 0. The fourth-order valence-corrected chi connectivity index (χ4v) is 2.03. The van der Waals surface area contributed by atoms with Crippen molar-refractivity contribution in [2.45, 2.75) is 24.4 Å². The lowest BCUT2D eigenvalue weighted by Gasteiger charge is -2.12. The van der Waals surface area contributed by atoms with Crippen LogP contribution in [0.15, 0.2) is 24.3 Å². The fraction of sp³-hybridized carbons (Fsp3) is 0.455. The molecule has 1 aromatic rings. The van der Waals surface area contributed by atoms with Gasteiger partial charge < -0.3 is 5.73 Å². The molecule has 0 radical (unpaired) electrons. The van der Waals surface area contributed by atoms with Gasteiger partial charge in [-0.1, -0.05) is 30.0 Å². The second kappa shape index (κ2) is 6.26. The van der Waals surface area contributed by atoms with Crippen LogP contribution in [-0.2, 0) is 6.42 Å². The zero-order chi connectivity index (χ0) is 12.9. The molecule has 6 heteroatoms. The molecule has 0 spiro atoms. The number of nitrogens with two attached hydrogens (primary N) is 1. The molecule has 0 aliphatic heterocycles. The van der Waals surface area contributed by atoms with Crippen LogP contribution in [0.4, 0.5) is 17.6 Å². The second-order valence-corrected chi connectivity index (χ2v) is 4.80. The molecule has 0 saturated carbocycles. The van der Waals surface area contributed by atoms with E-state index in [0.717, 1.165) is 0 Å². The standard InChI is InChI=1S/C11H13F4NS/c12-10-4-2-1-3-8(10)7-9(16)5-6-17-11(13,14)15/h1-4,9H,5-7,16H2. The summed E-state index contributed by atoms with van der Waals surface area (Å²) in [5, 5.41) is 0. The van der Waals surface area contributed by atoms with Gasteiger partial charge in [-0.2, -0.15) is 13.2 Å². The van der Waals surface area contributed by atoms with Crippen LogP contribution in [0.25, 0.3) is 0 Å². The maximum atomic E-state index is 13.2. The number of benzene rings is 1. The lowest BCUT2D eigenvalue weighted by molar-refractivity contribution is -0.0328. The van der Waals surface area contributed by atoms with Gasteiger partial charge in [0.1, 0.15) is 5.82 Å². The number of hydrogen-bond donors (Lipinski definition) is 1. The summed E-state index contributed by atoms with van der Waals surface area (Å²) in [5.74, 6) is -0.467. The van der Waals surface area contributed by atoms with Crippen LogP contribution in [0.3, 0.4) is 0 Å². The maximum Gasteiger partial charge on any atom is 0.441 e. The largest absolute Gasteiger partial charge is 0.441 e. The van der Waals surface area contributed by atoms with Gasteiger partial charge in [0.15, 0.2) is 0 Å². The zero-order valence-electron chi connectivity index (χ0n) is 9.01. The number of thioether (sulfide) groups is 1. The van der Waals surface area contributed by atoms with E-state index in [2.05, 4.69) is 0 Å². The molecule has 0 aromatic heterocycles. The van der Waals surface area contributed by atoms with Gasteiger partial charge in [0.2, 0.25) is 0 Å². The predicted molar refractivity (Wildman–Crippen MR) is 61.2 cm³/mol. The molecule has 96 valence electrons. The predicted octanol–water partition coefficient (Wildman–Crippen LogP) is 3.34. The van der Waals surface area contributed by atoms with Gasteiger partial charge in [-0.3, -0.25) is 0 Å². The van der Waals surface area contributed by atoms with Gasteiger partial charge in [0.25, 0.3) is 0 Å². The van der Waals surface area contributed by atoms with Gasteiger partial charge in [0.05, 0.1) is 0 Å². The molecule has 1 rings (SSSR count). The molecule has 0 saturated heterocycles. The third-order valence-electron chi connectivity index (χ3n) is 2.19. The molecule has 0 fully saturated rings. The molecule has 2 N–H and O–H groups in total. The summed E-state index contributed by atoms with van der Waals surface area (Å²) in [6, 6.07) is 5.68. The summed E-state index contributed by atoms with van der Waals surface area (Å²) in [6.07, 6.45) is 0.462. The van der Waals surface area contributed by atoms with Gasteiger partial charge in [-0.05, 0) is 24.5 Å². The van der Waals surface area contributed by atoms with Crippen molar-refractivity contribution in [3.63, 3.8) is 0 Å². The molecule has 1 unspecified atom stereocenters. The van der Waals surface area contributed by atoms with Gasteiger partial charge >= 0.3 is 5.51 Å². The van der Waals surface area contributed by atoms with Crippen molar-refractivity contribution in [1.29, 1.82) is 0 Å². The van der Waals surface area contributed by atoms with Gasteiger partial charge in [-0.25, -0.2) is 4.39 Å². The Morgan fingerprint density at radius 2 is 1.88 bits per heavy atom. The Bertz CT molecular complexity index is 354. The zero-order valence-corrected chi connectivity index (χ0v) is 9.82. The highest BCUT2D eigenvalue weighted by Gasteiger charge is 2.27. The molecular weight excluding hydrogens is 254 g/mol. The highest BCUT2D eigenvalue weighted by Crippen LogP contribution is 2.30. The number of hydrogen-bond acceptors (Lipinski definition) is 2. The molecule has 0 heterocycles. The number of halogens is 4. The van der Waals surface area contributed by atoms with Crippen molar-refractivity contribution in [1.82, 2.24) is 0 Å². The number of alkyl halides is 3. The van der Waals surface area contributed by atoms with E-state index in [0.29, 0.717) is 5.56 Å². The van der Waals surface area contributed by atoms with Gasteiger partial charge in [-0.15, -0.1) is 0 Å². The van der Waals surface area contributed by atoms with Crippen LogP contribution in [0, 0.1) is 5.82 Å². The third-order valence-corrected chi connectivity index (χ3v) is 2.96. The van der Waals surface area contributed by atoms with Crippen molar-refractivity contribution in [2.24, 2.45) is 5.73 Å². The fourth-order valence-electron chi connectivity index (χ4n) is 1.37. The Kier molecular flexibility index (Phi) is 5.27.